The molecule has 1 N–H and O–H groups in total. The molecule has 17 heavy (non-hydrogen) atoms. The van der Waals surface area contributed by atoms with Crippen LogP contribution in [-0.2, 0) is 0 Å². The Hall–Kier alpha value is -1.55. The van der Waals surface area contributed by atoms with Gasteiger partial charge in [0, 0.05) is 18.8 Å². The molecule has 2 aromatic rings. The summed E-state index contributed by atoms with van der Waals surface area (Å²) < 4.78 is 7.88. The molecular formula is C13H17N3O. The molecule has 1 atom stereocenters. The first-order valence-corrected chi connectivity index (χ1v) is 6.15. The van der Waals surface area contributed by atoms with E-state index in [1.165, 1.54) is 12.8 Å². The number of nitrogens with one attached hydrogen (secondary N) is 1. The fourth-order valence-electron chi connectivity index (χ4n) is 2.44. The van der Waals surface area contributed by atoms with Gasteiger partial charge in [-0.2, -0.15) is 0 Å². The maximum atomic E-state index is 5.61. The van der Waals surface area contributed by atoms with E-state index in [-0.39, 0.29) is 0 Å². The van der Waals surface area contributed by atoms with Crippen molar-refractivity contribution in [3.05, 3.63) is 30.3 Å². The second-order valence-corrected chi connectivity index (χ2v) is 4.58. The summed E-state index contributed by atoms with van der Waals surface area (Å²) in [5, 5.41) is 3.44. The predicted octanol–water partition coefficient (Wildman–Crippen LogP) is 2.38. The van der Waals surface area contributed by atoms with Gasteiger partial charge in [0.15, 0.2) is 0 Å². The second-order valence-electron chi connectivity index (χ2n) is 4.58. The molecule has 1 saturated heterocycles. The topological polar surface area (TPSA) is 43.0 Å². The molecule has 1 aliphatic heterocycles. The highest BCUT2D eigenvalue weighted by atomic mass is 16.4. The molecule has 3 rings (SSSR count). The quantitative estimate of drug-likeness (QED) is 0.863. The van der Waals surface area contributed by atoms with E-state index in [9.17, 15) is 0 Å². The number of aryl methyl sites for hydroxylation is 1. The SMILES string of the molecule is Cc1cnc(-c2cccn2C2CCCNC2)o1. The largest absolute Gasteiger partial charge is 0.440 e. The minimum Gasteiger partial charge on any atom is -0.440 e. The Labute approximate surface area is 101 Å². The molecule has 0 radical (unpaired) electrons. The lowest BCUT2D eigenvalue weighted by Gasteiger charge is -2.25. The molecule has 3 heterocycles. The highest BCUT2D eigenvalue weighted by Crippen LogP contribution is 2.26. The molecule has 2 aromatic heterocycles. The van der Waals surface area contributed by atoms with Crippen molar-refractivity contribution in [2.75, 3.05) is 13.1 Å². The van der Waals surface area contributed by atoms with Crippen LogP contribution < -0.4 is 5.32 Å². The van der Waals surface area contributed by atoms with E-state index in [1.54, 1.807) is 6.20 Å². The van der Waals surface area contributed by atoms with Gasteiger partial charge in [0.2, 0.25) is 5.89 Å². The van der Waals surface area contributed by atoms with E-state index < -0.39 is 0 Å². The lowest BCUT2D eigenvalue weighted by Crippen LogP contribution is -2.31. The van der Waals surface area contributed by atoms with Crippen LogP contribution in [0.25, 0.3) is 11.6 Å². The minimum absolute atomic E-state index is 0.515. The van der Waals surface area contributed by atoms with Crippen molar-refractivity contribution in [1.82, 2.24) is 14.9 Å². The van der Waals surface area contributed by atoms with Gasteiger partial charge in [0.05, 0.1) is 6.20 Å². The summed E-state index contributed by atoms with van der Waals surface area (Å²) >= 11 is 0. The van der Waals surface area contributed by atoms with Crippen LogP contribution in [-0.4, -0.2) is 22.6 Å². The van der Waals surface area contributed by atoms with Crippen molar-refractivity contribution in [3.63, 3.8) is 0 Å². The first kappa shape index (κ1) is 10.6. The lowest BCUT2D eigenvalue weighted by atomic mass is 10.1. The molecule has 90 valence electrons. The average Bonchev–Trinajstić information content (AvgIpc) is 2.98. The number of oxazole rings is 1. The van der Waals surface area contributed by atoms with E-state index in [1.807, 2.05) is 6.92 Å². The summed E-state index contributed by atoms with van der Waals surface area (Å²) in [5.41, 5.74) is 1.08. The van der Waals surface area contributed by atoms with Crippen LogP contribution in [0.2, 0.25) is 0 Å². The molecule has 4 heteroatoms. The molecule has 0 spiro atoms. The second kappa shape index (κ2) is 4.37. The van der Waals surface area contributed by atoms with Crippen LogP contribution in [0.5, 0.6) is 0 Å². The number of aromatic nitrogens is 2. The van der Waals surface area contributed by atoms with Crippen LogP contribution in [0.1, 0.15) is 24.6 Å². The standard InChI is InChI=1S/C13H17N3O/c1-10-8-15-13(17-10)12-5-3-7-16(12)11-4-2-6-14-9-11/h3,5,7-8,11,14H,2,4,6,9H2,1H3. The first-order chi connectivity index (χ1) is 8.34. The molecule has 0 aromatic carbocycles. The summed E-state index contributed by atoms with van der Waals surface area (Å²) in [6.45, 7) is 4.08. The molecule has 0 amide bonds. The molecule has 0 aliphatic carbocycles. The number of rotatable bonds is 2. The van der Waals surface area contributed by atoms with Crippen molar-refractivity contribution in [3.8, 4) is 11.6 Å². The van der Waals surface area contributed by atoms with E-state index in [0.29, 0.717) is 6.04 Å². The van der Waals surface area contributed by atoms with E-state index in [2.05, 4.69) is 33.2 Å². The third kappa shape index (κ3) is 2.00. The Morgan fingerprint density at radius 2 is 2.47 bits per heavy atom. The minimum atomic E-state index is 0.515. The van der Waals surface area contributed by atoms with Crippen molar-refractivity contribution in [2.24, 2.45) is 0 Å². The highest BCUT2D eigenvalue weighted by molar-refractivity contribution is 5.48. The first-order valence-electron chi connectivity index (χ1n) is 6.15. The fourth-order valence-corrected chi connectivity index (χ4v) is 2.44. The summed E-state index contributed by atoms with van der Waals surface area (Å²) in [6, 6.07) is 4.64. The Balaban J connectivity index is 1.93. The summed E-state index contributed by atoms with van der Waals surface area (Å²) in [6.07, 6.45) is 6.33. The van der Waals surface area contributed by atoms with Crippen LogP contribution in [0.15, 0.2) is 28.9 Å². The third-order valence-corrected chi connectivity index (χ3v) is 3.28. The lowest BCUT2D eigenvalue weighted by molar-refractivity contribution is 0.372. The van der Waals surface area contributed by atoms with E-state index in [0.717, 1.165) is 30.4 Å². The van der Waals surface area contributed by atoms with Crippen LogP contribution in [0, 0.1) is 6.92 Å². The van der Waals surface area contributed by atoms with Gasteiger partial charge in [-0.25, -0.2) is 4.98 Å². The maximum absolute atomic E-state index is 5.61. The molecule has 4 nitrogen and oxygen atoms in total. The third-order valence-electron chi connectivity index (χ3n) is 3.28. The molecule has 0 saturated carbocycles. The molecule has 1 aliphatic rings. The van der Waals surface area contributed by atoms with Gasteiger partial charge in [-0.3, -0.25) is 0 Å². The van der Waals surface area contributed by atoms with Crippen molar-refractivity contribution in [2.45, 2.75) is 25.8 Å². The number of hydrogen-bond acceptors (Lipinski definition) is 3. The number of hydrogen-bond donors (Lipinski definition) is 1. The summed E-state index contributed by atoms with van der Waals surface area (Å²) in [7, 11) is 0. The van der Waals surface area contributed by atoms with Crippen LogP contribution >= 0.6 is 0 Å². The average molecular weight is 231 g/mol. The predicted molar refractivity (Wildman–Crippen MR) is 65.8 cm³/mol. The number of nitrogens with zero attached hydrogens (tertiary/aromatic N) is 2. The summed E-state index contributed by atoms with van der Waals surface area (Å²) in [4.78, 5) is 4.31. The normalized spacial score (nSPS) is 20.6. The highest BCUT2D eigenvalue weighted by Gasteiger charge is 2.19. The zero-order valence-corrected chi connectivity index (χ0v) is 10.0. The van der Waals surface area contributed by atoms with Gasteiger partial charge in [0.25, 0.3) is 0 Å². The Bertz CT molecular complexity index is 494. The van der Waals surface area contributed by atoms with Gasteiger partial charge in [-0.05, 0) is 38.4 Å². The summed E-state index contributed by atoms with van der Waals surface area (Å²) in [5.74, 6) is 1.58. The monoisotopic (exact) mass is 231 g/mol. The maximum Gasteiger partial charge on any atom is 0.243 e. The molecule has 1 unspecified atom stereocenters. The van der Waals surface area contributed by atoms with Gasteiger partial charge in [0.1, 0.15) is 11.5 Å². The molecule has 1 fully saturated rings. The number of piperidine rings is 1. The Morgan fingerprint density at radius 1 is 1.53 bits per heavy atom. The van der Waals surface area contributed by atoms with Crippen LogP contribution in [0.3, 0.4) is 0 Å². The van der Waals surface area contributed by atoms with Crippen molar-refractivity contribution < 1.29 is 4.42 Å². The smallest absolute Gasteiger partial charge is 0.243 e. The Morgan fingerprint density at radius 3 is 3.18 bits per heavy atom. The van der Waals surface area contributed by atoms with Crippen LogP contribution in [0.4, 0.5) is 0 Å². The zero-order chi connectivity index (χ0) is 11.7. The molecule has 0 bridgehead atoms. The van der Waals surface area contributed by atoms with Crippen molar-refractivity contribution >= 4 is 0 Å². The van der Waals surface area contributed by atoms with E-state index in [4.69, 9.17) is 4.42 Å². The van der Waals surface area contributed by atoms with E-state index >= 15 is 0 Å². The van der Waals surface area contributed by atoms with Crippen molar-refractivity contribution in [1.29, 1.82) is 0 Å². The zero-order valence-electron chi connectivity index (χ0n) is 10.0. The van der Waals surface area contributed by atoms with Gasteiger partial charge in [-0.15, -0.1) is 0 Å². The van der Waals surface area contributed by atoms with Gasteiger partial charge in [-0.1, -0.05) is 0 Å². The molecular weight excluding hydrogens is 214 g/mol. The van der Waals surface area contributed by atoms with Gasteiger partial charge < -0.3 is 14.3 Å². The Kier molecular flexibility index (Phi) is 2.73. The fraction of sp³-hybridized carbons (Fsp3) is 0.462. The van der Waals surface area contributed by atoms with Gasteiger partial charge >= 0.3 is 0 Å².